The summed E-state index contributed by atoms with van der Waals surface area (Å²) in [5.41, 5.74) is 1.42. The van der Waals surface area contributed by atoms with Crippen LogP contribution in [0.1, 0.15) is 52.7 Å². The van der Waals surface area contributed by atoms with Crippen LogP contribution in [0.25, 0.3) is 0 Å². The molecule has 0 aromatic carbocycles. The summed E-state index contributed by atoms with van der Waals surface area (Å²) in [7, 11) is 0. The molecule has 0 bridgehead atoms. The molecule has 2 heterocycles. The minimum absolute atomic E-state index is 0.325. The maximum absolute atomic E-state index is 5.56. The molecule has 1 aliphatic heterocycles. The normalized spacial score (nSPS) is 20.4. The van der Waals surface area contributed by atoms with E-state index in [0.717, 1.165) is 0 Å². The Morgan fingerprint density at radius 2 is 1.63 bits per heavy atom. The summed E-state index contributed by atoms with van der Waals surface area (Å²) in [5.74, 6) is 0. The molecular weight excluding hydrogens is 281 g/mol. The van der Waals surface area contributed by atoms with Gasteiger partial charge in [-0.3, -0.25) is 4.98 Å². The molecule has 0 amide bonds. The molecule has 108 valence electrons. The van der Waals surface area contributed by atoms with Gasteiger partial charge >= 0.3 is 0 Å². The molecule has 0 radical (unpaired) electrons. The molecule has 1 aromatic heterocycles. The van der Waals surface area contributed by atoms with Crippen LogP contribution in [0.2, 0.25) is 10.3 Å². The van der Waals surface area contributed by atoms with Crippen molar-refractivity contribution in [3.05, 3.63) is 22.2 Å². The molecular formula is C14H23Cl2N3. The van der Waals surface area contributed by atoms with Gasteiger partial charge in [0.15, 0.2) is 5.15 Å². The van der Waals surface area contributed by atoms with Gasteiger partial charge in [0, 0.05) is 11.1 Å². The predicted molar refractivity (Wildman–Crippen MR) is 81.9 cm³/mol. The summed E-state index contributed by atoms with van der Waals surface area (Å²) < 4.78 is 0. The highest BCUT2D eigenvalue weighted by Gasteiger charge is 2.31. The number of halogens is 2. The second kappa shape index (κ2) is 6.38. The van der Waals surface area contributed by atoms with Crippen LogP contribution in [0.3, 0.4) is 0 Å². The van der Waals surface area contributed by atoms with E-state index in [0.29, 0.717) is 27.1 Å². The maximum Gasteiger partial charge on any atom is 0.151 e. The molecule has 0 aliphatic carbocycles. The molecule has 1 aromatic rings. The first-order valence-corrected chi connectivity index (χ1v) is 7.31. The standard InChI is InChI=1S/C9H19N.C5H4Cl2N2/c1-8(2)6-5-7-9(3,4)10-8;1-3-5(7)9-4(6)2-8-3/h10H,5-7H2,1-4H3;2H,1H3. The van der Waals surface area contributed by atoms with Gasteiger partial charge in [-0.05, 0) is 53.9 Å². The number of nitrogens with one attached hydrogen (secondary N) is 1. The van der Waals surface area contributed by atoms with Gasteiger partial charge in [-0.25, -0.2) is 4.98 Å². The van der Waals surface area contributed by atoms with Crippen molar-refractivity contribution in [1.29, 1.82) is 0 Å². The topological polar surface area (TPSA) is 37.8 Å². The van der Waals surface area contributed by atoms with E-state index in [1.165, 1.54) is 25.5 Å². The molecule has 0 unspecified atom stereocenters. The van der Waals surface area contributed by atoms with E-state index in [2.05, 4.69) is 43.0 Å². The number of nitrogens with zero attached hydrogens (tertiary/aromatic N) is 2. The van der Waals surface area contributed by atoms with E-state index >= 15 is 0 Å². The highest BCUT2D eigenvalue weighted by molar-refractivity contribution is 6.32. The fraction of sp³-hybridized carbons (Fsp3) is 0.714. The Morgan fingerprint density at radius 3 is 1.95 bits per heavy atom. The fourth-order valence-electron chi connectivity index (χ4n) is 2.42. The minimum atomic E-state index is 0.325. The zero-order chi connectivity index (χ0) is 14.7. The molecule has 19 heavy (non-hydrogen) atoms. The summed E-state index contributed by atoms with van der Waals surface area (Å²) in [6, 6.07) is 0. The van der Waals surface area contributed by atoms with E-state index in [4.69, 9.17) is 23.2 Å². The summed E-state index contributed by atoms with van der Waals surface area (Å²) in [6.07, 6.45) is 5.46. The Balaban J connectivity index is 0.000000191. The van der Waals surface area contributed by atoms with Gasteiger partial charge in [0.1, 0.15) is 5.15 Å². The molecule has 0 saturated carbocycles. The quantitative estimate of drug-likeness (QED) is 0.771. The lowest BCUT2D eigenvalue weighted by atomic mass is 9.83. The van der Waals surface area contributed by atoms with Crippen molar-refractivity contribution in [2.24, 2.45) is 0 Å². The van der Waals surface area contributed by atoms with Crippen molar-refractivity contribution in [2.75, 3.05) is 0 Å². The Labute approximate surface area is 126 Å². The lowest BCUT2D eigenvalue weighted by Crippen LogP contribution is -2.55. The number of piperidine rings is 1. The first-order valence-electron chi connectivity index (χ1n) is 6.55. The third-order valence-electron chi connectivity index (χ3n) is 3.15. The lowest BCUT2D eigenvalue weighted by Gasteiger charge is -2.42. The van der Waals surface area contributed by atoms with Crippen molar-refractivity contribution in [3.8, 4) is 0 Å². The van der Waals surface area contributed by atoms with Crippen LogP contribution in [0.5, 0.6) is 0 Å². The molecule has 0 spiro atoms. The van der Waals surface area contributed by atoms with Crippen molar-refractivity contribution in [2.45, 2.75) is 65.0 Å². The van der Waals surface area contributed by atoms with E-state index in [1.807, 2.05) is 0 Å². The first-order chi connectivity index (χ1) is 8.61. The fourth-order valence-corrected chi connectivity index (χ4v) is 2.74. The van der Waals surface area contributed by atoms with Gasteiger partial charge in [0.2, 0.25) is 0 Å². The highest BCUT2D eigenvalue weighted by Crippen LogP contribution is 2.27. The van der Waals surface area contributed by atoms with Crippen molar-refractivity contribution >= 4 is 23.2 Å². The van der Waals surface area contributed by atoms with Gasteiger partial charge < -0.3 is 5.32 Å². The first kappa shape index (κ1) is 16.7. The van der Waals surface area contributed by atoms with Gasteiger partial charge in [0.05, 0.1) is 11.9 Å². The van der Waals surface area contributed by atoms with Crippen molar-refractivity contribution in [1.82, 2.24) is 15.3 Å². The summed E-state index contributed by atoms with van der Waals surface area (Å²) >= 11 is 11.0. The average molecular weight is 304 g/mol. The number of hydrogen-bond acceptors (Lipinski definition) is 3. The molecule has 1 fully saturated rings. The Bertz CT molecular complexity index is 417. The van der Waals surface area contributed by atoms with E-state index in [9.17, 15) is 0 Å². The molecule has 3 nitrogen and oxygen atoms in total. The smallest absolute Gasteiger partial charge is 0.151 e. The zero-order valence-electron chi connectivity index (χ0n) is 12.3. The number of aryl methyl sites for hydroxylation is 1. The van der Waals surface area contributed by atoms with Gasteiger partial charge in [-0.1, -0.05) is 23.2 Å². The number of hydrogen-bond donors (Lipinski definition) is 1. The van der Waals surface area contributed by atoms with Crippen LogP contribution in [-0.4, -0.2) is 21.0 Å². The minimum Gasteiger partial charge on any atom is -0.307 e. The van der Waals surface area contributed by atoms with E-state index < -0.39 is 0 Å². The monoisotopic (exact) mass is 303 g/mol. The molecule has 2 rings (SSSR count). The molecule has 1 N–H and O–H groups in total. The van der Waals surface area contributed by atoms with Crippen molar-refractivity contribution in [3.63, 3.8) is 0 Å². The van der Waals surface area contributed by atoms with Crippen LogP contribution in [0.4, 0.5) is 0 Å². The number of rotatable bonds is 0. The third kappa shape index (κ3) is 6.07. The summed E-state index contributed by atoms with van der Waals surface area (Å²) in [5, 5.41) is 4.32. The van der Waals surface area contributed by atoms with Gasteiger partial charge in [0.25, 0.3) is 0 Å². The predicted octanol–water partition coefficient (Wildman–Crippen LogP) is 4.41. The average Bonchev–Trinajstić information content (AvgIpc) is 2.21. The van der Waals surface area contributed by atoms with Crippen LogP contribution in [-0.2, 0) is 0 Å². The van der Waals surface area contributed by atoms with Gasteiger partial charge in [-0.15, -0.1) is 0 Å². The second-order valence-corrected chi connectivity index (χ2v) is 7.06. The summed E-state index contributed by atoms with van der Waals surface area (Å²) in [6.45, 7) is 10.9. The van der Waals surface area contributed by atoms with Crippen molar-refractivity contribution < 1.29 is 0 Å². The molecule has 1 aliphatic rings. The second-order valence-electron chi connectivity index (χ2n) is 6.32. The summed E-state index contributed by atoms with van der Waals surface area (Å²) in [4.78, 5) is 7.59. The van der Waals surface area contributed by atoms with E-state index in [1.54, 1.807) is 6.92 Å². The Kier molecular flexibility index (Phi) is 5.60. The van der Waals surface area contributed by atoms with E-state index in [-0.39, 0.29) is 0 Å². The third-order valence-corrected chi connectivity index (χ3v) is 3.69. The van der Waals surface area contributed by atoms with Crippen LogP contribution in [0, 0.1) is 6.92 Å². The van der Waals surface area contributed by atoms with Crippen LogP contribution in [0.15, 0.2) is 6.20 Å². The highest BCUT2D eigenvalue weighted by atomic mass is 35.5. The molecule has 1 saturated heterocycles. The zero-order valence-corrected chi connectivity index (χ0v) is 13.9. The maximum atomic E-state index is 5.56. The Hall–Kier alpha value is -0.380. The lowest BCUT2D eigenvalue weighted by molar-refractivity contribution is 0.183. The Morgan fingerprint density at radius 1 is 1.11 bits per heavy atom. The largest absolute Gasteiger partial charge is 0.307 e. The molecule has 5 heteroatoms. The molecule has 0 atom stereocenters. The SMILES string of the molecule is CC1(C)CCCC(C)(C)N1.Cc1ncc(Cl)nc1Cl. The van der Waals surface area contributed by atoms with Crippen LogP contribution < -0.4 is 5.32 Å². The number of aromatic nitrogens is 2. The van der Waals surface area contributed by atoms with Crippen LogP contribution >= 0.6 is 23.2 Å². The van der Waals surface area contributed by atoms with Gasteiger partial charge in [-0.2, -0.15) is 0 Å².